The Balaban J connectivity index is 1.31. The average molecular weight is 638 g/mol. The van der Waals surface area contributed by atoms with Crippen LogP contribution in [-0.4, -0.2) is 48.6 Å². The highest BCUT2D eigenvalue weighted by molar-refractivity contribution is 8.00. The predicted octanol–water partition coefficient (Wildman–Crippen LogP) is 5.76. The highest BCUT2D eigenvalue weighted by atomic mass is 35.5. The van der Waals surface area contributed by atoms with Crippen LogP contribution in [0.4, 0.5) is 11.4 Å². The third kappa shape index (κ3) is 7.52. The highest BCUT2D eigenvalue weighted by Gasteiger charge is 2.34. The molecule has 1 fully saturated rings. The summed E-state index contributed by atoms with van der Waals surface area (Å²) in [5.41, 5.74) is 1.24. The van der Waals surface area contributed by atoms with Gasteiger partial charge in [0.05, 0.1) is 20.5 Å². The lowest BCUT2D eigenvalue weighted by Gasteiger charge is -2.37. The molecule has 0 spiro atoms. The molecule has 0 radical (unpaired) electrons. The Kier molecular flexibility index (Phi) is 9.31. The van der Waals surface area contributed by atoms with Crippen LogP contribution in [0, 0.1) is 10.1 Å². The van der Waals surface area contributed by atoms with Gasteiger partial charge in [0.25, 0.3) is 21.6 Å². The van der Waals surface area contributed by atoms with Crippen molar-refractivity contribution < 1.29 is 18.1 Å². The number of nitro groups is 1. The van der Waals surface area contributed by atoms with E-state index in [9.17, 15) is 23.3 Å². The number of nitrogens with one attached hydrogen (secondary N) is 3. The molecular weight excluding hydrogens is 610 g/mol. The fourth-order valence-electron chi connectivity index (χ4n) is 4.75. The largest absolute Gasteiger partial charge is 0.378 e. The summed E-state index contributed by atoms with van der Waals surface area (Å²) in [6.07, 6.45) is 3.20. The topological polar surface area (TPSA) is 143 Å². The number of thioether (sulfide) groups is 1. The SMILES string of the molecule is O=C(NS(=O)(=O)c1ccc(NCC2(Sc3ccccc3)CCNCC2)c([N+](=O)[O-])c1)c1ccc(-c2ccc(Cl)cn2)cc1. The molecular formula is C30H28ClN5O5S2. The third-order valence-corrected chi connectivity index (χ3v) is 10.1. The normalized spacial score (nSPS) is 14.5. The zero-order chi connectivity index (χ0) is 30.5. The van der Waals surface area contributed by atoms with E-state index in [1.54, 1.807) is 36.0 Å². The van der Waals surface area contributed by atoms with Crippen LogP contribution in [0.1, 0.15) is 23.2 Å². The van der Waals surface area contributed by atoms with E-state index in [4.69, 9.17) is 11.6 Å². The summed E-state index contributed by atoms with van der Waals surface area (Å²) in [5, 5.41) is 19.0. The second-order valence-corrected chi connectivity index (χ2v) is 13.7. The van der Waals surface area contributed by atoms with E-state index in [1.807, 2.05) is 35.1 Å². The van der Waals surface area contributed by atoms with Gasteiger partial charge in [0.1, 0.15) is 5.69 Å². The summed E-state index contributed by atoms with van der Waals surface area (Å²) in [5.74, 6) is -0.869. The standard InChI is InChI=1S/C30H28ClN5O5S2/c31-23-10-12-26(33-19-23)21-6-8-22(9-7-21)29(37)35-43(40,41)25-11-13-27(28(18-25)36(38)39)34-20-30(14-16-32-17-15-30)42-24-4-2-1-3-5-24/h1-13,18-19,32,34H,14-17,20H2,(H,35,37). The van der Waals surface area contributed by atoms with E-state index < -0.39 is 31.4 Å². The van der Waals surface area contributed by atoms with Gasteiger partial charge in [0.2, 0.25) is 0 Å². The molecule has 222 valence electrons. The molecule has 0 bridgehead atoms. The Morgan fingerprint density at radius 2 is 1.74 bits per heavy atom. The van der Waals surface area contributed by atoms with Crippen molar-refractivity contribution in [1.29, 1.82) is 0 Å². The molecule has 13 heteroatoms. The number of amides is 1. The summed E-state index contributed by atoms with van der Waals surface area (Å²) < 4.78 is 27.9. The Bertz CT molecular complexity index is 1710. The molecule has 1 aliphatic heterocycles. The van der Waals surface area contributed by atoms with Gasteiger partial charge < -0.3 is 10.6 Å². The van der Waals surface area contributed by atoms with E-state index in [2.05, 4.69) is 15.6 Å². The first-order valence-electron chi connectivity index (χ1n) is 13.4. The molecule has 0 aliphatic carbocycles. The van der Waals surface area contributed by atoms with Crippen molar-refractivity contribution in [2.24, 2.45) is 0 Å². The number of nitro benzene ring substituents is 1. The number of piperidine rings is 1. The lowest BCUT2D eigenvalue weighted by atomic mass is 9.96. The van der Waals surface area contributed by atoms with Crippen LogP contribution in [0.25, 0.3) is 11.3 Å². The van der Waals surface area contributed by atoms with E-state index in [0.717, 1.165) is 36.9 Å². The fourth-order valence-corrected chi connectivity index (χ4v) is 7.20. The number of benzene rings is 3. The van der Waals surface area contributed by atoms with Crippen molar-refractivity contribution in [3.05, 3.63) is 112 Å². The Morgan fingerprint density at radius 1 is 1.02 bits per heavy atom. The molecule has 1 amide bonds. The van der Waals surface area contributed by atoms with Gasteiger partial charge in [0, 0.05) is 39.6 Å². The second kappa shape index (κ2) is 13.1. The second-order valence-electron chi connectivity index (χ2n) is 10.0. The smallest absolute Gasteiger partial charge is 0.293 e. The number of hydrogen-bond acceptors (Lipinski definition) is 9. The first-order chi connectivity index (χ1) is 20.6. The van der Waals surface area contributed by atoms with Crippen molar-refractivity contribution >= 4 is 50.7 Å². The van der Waals surface area contributed by atoms with Crippen molar-refractivity contribution in [3.63, 3.8) is 0 Å². The molecule has 0 atom stereocenters. The number of halogens is 1. The van der Waals surface area contributed by atoms with E-state index in [-0.39, 0.29) is 16.0 Å². The van der Waals surface area contributed by atoms with Gasteiger partial charge in [0.15, 0.2) is 0 Å². The fraction of sp³-hybridized carbons (Fsp3) is 0.200. The minimum atomic E-state index is -4.41. The summed E-state index contributed by atoms with van der Waals surface area (Å²) in [6.45, 7) is 2.09. The molecule has 2 heterocycles. The number of carbonyl (C=O) groups is 1. The molecule has 0 unspecified atom stereocenters. The zero-order valence-electron chi connectivity index (χ0n) is 22.8. The number of hydrogen-bond donors (Lipinski definition) is 3. The monoisotopic (exact) mass is 637 g/mol. The van der Waals surface area contributed by atoms with Crippen LogP contribution in [0.3, 0.4) is 0 Å². The molecule has 5 rings (SSSR count). The van der Waals surface area contributed by atoms with Gasteiger partial charge in [-0.1, -0.05) is 41.9 Å². The summed E-state index contributed by atoms with van der Waals surface area (Å²) in [6, 6.07) is 23.2. The molecule has 1 aromatic heterocycles. The zero-order valence-corrected chi connectivity index (χ0v) is 25.2. The van der Waals surface area contributed by atoms with Gasteiger partial charge >= 0.3 is 0 Å². The molecule has 10 nitrogen and oxygen atoms in total. The van der Waals surface area contributed by atoms with Gasteiger partial charge in [-0.05, 0) is 74.5 Å². The van der Waals surface area contributed by atoms with Gasteiger partial charge in [-0.15, -0.1) is 11.8 Å². The number of anilines is 1. The van der Waals surface area contributed by atoms with Crippen LogP contribution >= 0.6 is 23.4 Å². The van der Waals surface area contributed by atoms with Crippen molar-refractivity contribution in [1.82, 2.24) is 15.0 Å². The summed E-state index contributed by atoms with van der Waals surface area (Å²) >= 11 is 7.61. The van der Waals surface area contributed by atoms with E-state index in [0.29, 0.717) is 22.8 Å². The molecule has 4 aromatic rings. The Morgan fingerprint density at radius 3 is 2.40 bits per heavy atom. The lowest BCUT2D eigenvalue weighted by molar-refractivity contribution is -0.384. The first-order valence-corrected chi connectivity index (χ1v) is 16.1. The van der Waals surface area contributed by atoms with Crippen LogP contribution in [0.2, 0.25) is 5.02 Å². The molecule has 43 heavy (non-hydrogen) atoms. The highest BCUT2D eigenvalue weighted by Crippen LogP contribution is 2.40. The van der Waals surface area contributed by atoms with Crippen LogP contribution < -0.4 is 15.4 Å². The quantitative estimate of drug-likeness (QED) is 0.146. The van der Waals surface area contributed by atoms with Crippen molar-refractivity contribution in [2.75, 3.05) is 25.0 Å². The molecule has 3 N–H and O–H groups in total. The van der Waals surface area contributed by atoms with Crippen molar-refractivity contribution in [2.45, 2.75) is 27.4 Å². The molecule has 1 saturated heterocycles. The first kappa shape index (κ1) is 30.5. The molecule has 3 aromatic carbocycles. The van der Waals surface area contributed by atoms with Gasteiger partial charge in [-0.2, -0.15) is 0 Å². The Hall–Kier alpha value is -3.97. The minimum Gasteiger partial charge on any atom is -0.378 e. The molecule has 1 aliphatic rings. The number of rotatable bonds is 10. The van der Waals surface area contributed by atoms with E-state index >= 15 is 0 Å². The Labute approximate surface area is 258 Å². The number of pyridine rings is 1. The average Bonchev–Trinajstić information content (AvgIpc) is 3.01. The number of carbonyl (C=O) groups excluding carboxylic acids is 1. The minimum absolute atomic E-state index is 0.0947. The van der Waals surface area contributed by atoms with Gasteiger partial charge in [-0.25, -0.2) is 13.1 Å². The maximum Gasteiger partial charge on any atom is 0.293 e. The third-order valence-electron chi connectivity index (χ3n) is 7.07. The maximum atomic E-state index is 13.1. The van der Waals surface area contributed by atoms with Crippen LogP contribution in [0.5, 0.6) is 0 Å². The predicted molar refractivity (Wildman–Crippen MR) is 168 cm³/mol. The van der Waals surface area contributed by atoms with E-state index in [1.165, 1.54) is 30.5 Å². The number of aromatic nitrogens is 1. The van der Waals surface area contributed by atoms with Gasteiger partial charge in [-0.3, -0.25) is 19.9 Å². The van der Waals surface area contributed by atoms with Crippen LogP contribution in [-0.2, 0) is 10.0 Å². The number of nitrogens with zero attached hydrogens (tertiary/aromatic N) is 2. The molecule has 0 saturated carbocycles. The summed E-state index contributed by atoms with van der Waals surface area (Å²) in [7, 11) is -4.41. The number of sulfonamides is 1. The van der Waals surface area contributed by atoms with Crippen molar-refractivity contribution in [3.8, 4) is 11.3 Å². The maximum absolute atomic E-state index is 13.1. The lowest BCUT2D eigenvalue weighted by Crippen LogP contribution is -2.44. The van der Waals surface area contributed by atoms with Crippen LogP contribution in [0.15, 0.2) is 101 Å². The summed E-state index contributed by atoms with van der Waals surface area (Å²) in [4.78, 5) is 29.1.